The van der Waals surface area contributed by atoms with E-state index in [0.29, 0.717) is 11.3 Å². The SMILES string of the molecule is CC(O)(CNc1ccc(C(N)=O)cc1)C(=O)O. The minimum absolute atomic E-state index is 0.141. The maximum atomic E-state index is 10.8. The van der Waals surface area contributed by atoms with Crippen LogP contribution in [0.15, 0.2) is 24.3 Å². The van der Waals surface area contributed by atoms with Crippen molar-refractivity contribution >= 4 is 17.6 Å². The maximum absolute atomic E-state index is 10.8. The smallest absolute Gasteiger partial charge is 0.337 e. The van der Waals surface area contributed by atoms with Gasteiger partial charge in [0, 0.05) is 11.3 Å². The molecule has 0 aliphatic rings. The van der Waals surface area contributed by atoms with Crippen LogP contribution in [0.2, 0.25) is 0 Å². The highest BCUT2D eigenvalue weighted by Gasteiger charge is 2.29. The molecule has 1 aromatic carbocycles. The minimum Gasteiger partial charge on any atom is -0.479 e. The molecule has 1 rings (SSSR count). The number of carbonyl (C=O) groups is 2. The van der Waals surface area contributed by atoms with E-state index in [-0.39, 0.29) is 6.54 Å². The zero-order chi connectivity index (χ0) is 13.1. The second-order valence-corrected chi connectivity index (χ2v) is 3.87. The van der Waals surface area contributed by atoms with E-state index in [9.17, 15) is 14.7 Å². The van der Waals surface area contributed by atoms with Gasteiger partial charge in [0.05, 0.1) is 6.54 Å². The molecule has 0 saturated carbocycles. The number of aliphatic hydroxyl groups is 1. The van der Waals surface area contributed by atoms with Crippen molar-refractivity contribution in [3.63, 3.8) is 0 Å². The molecule has 0 saturated heterocycles. The van der Waals surface area contributed by atoms with Gasteiger partial charge >= 0.3 is 5.97 Å². The van der Waals surface area contributed by atoms with Crippen molar-refractivity contribution in [1.82, 2.24) is 0 Å². The van der Waals surface area contributed by atoms with Crippen molar-refractivity contribution < 1.29 is 19.8 Å². The minimum atomic E-state index is -1.84. The van der Waals surface area contributed by atoms with Gasteiger partial charge in [-0.1, -0.05) is 0 Å². The van der Waals surface area contributed by atoms with Gasteiger partial charge in [-0.3, -0.25) is 4.79 Å². The predicted molar refractivity (Wildman–Crippen MR) is 61.7 cm³/mol. The Kier molecular flexibility index (Phi) is 3.69. The molecule has 0 aliphatic heterocycles. The van der Waals surface area contributed by atoms with Gasteiger partial charge in [0.15, 0.2) is 5.60 Å². The fraction of sp³-hybridized carbons (Fsp3) is 0.273. The number of rotatable bonds is 5. The molecule has 1 aromatic rings. The molecule has 0 spiro atoms. The Bertz CT molecular complexity index is 426. The Hall–Kier alpha value is -2.08. The van der Waals surface area contributed by atoms with Crippen LogP contribution < -0.4 is 11.1 Å². The molecule has 0 fully saturated rings. The maximum Gasteiger partial charge on any atom is 0.337 e. The van der Waals surface area contributed by atoms with Gasteiger partial charge in [-0.05, 0) is 31.2 Å². The van der Waals surface area contributed by atoms with Crippen molar-refractivity contribution in [3.05, 3.63) is 29.8 Å². The first-order chi connectivity index (χ1) is 7.83. The lowest BCUT2D eigenvalue weighted by Crippen LogP contribution is -2.41. The Morgan fingerprint density at radius 2 is 1.88 bits per heavy atom. The van der Waals surface area contributed by atoms with E-state index < -0.39 is 17.5 Å². The summed E-state index contributed by atoms with van der Waals surface area (Å²) < 4.78 is 0. The Morgan fingerprint density at radius 1 is 1.35 bits per heavy atom. The molecule has 1 amide bonds. The third-order valence-electron chi connectivity index (χ3n) is 2.27. The van der Waals surface area contributed by atoms with E-state index in [1.165, 1.54) is 19.1 Å². The lowest BCUT2D eigenvalue weighted by Gasteiger charge is -2.19. The van der Waals surface area contributed by atoms with E-state index >= 15 is 0 Å². The standard InChI is InChI=1S/C11H14N2O4/c1-11(17,10(15)16)6-13-8-4-2-7(3-5-8)9(12)14/h2-5,13,17H,6H2,1H3,(H2,12,14)(H,15,16). The van der Waals surface area contributed by atoms with Crippen LogP contribution in [0.4, 0.5) is 5.69 Å². The average molecular weight is 238 g/mol. The van der Waals surface area contributed by atoms with Gasteiger partial charge in [-0.25, -0.2) is 4.79 Å². The molecule has 92 valence electrons. The van der Waals surface area contributed by atoms with Gasteiger partial charge in [0.25, 0.3) is 0 Å². The van der Waals surface area contributed by atoms with E-state index in [1.807, 2.05) is 0 Å². The van der Waals surface area contributed by atoms with Crippen LogP contribution in [0.5, 0.6) is 0 Å². The molecule has 0 aromatic heterocycles. The summed E-state index contributed by atoms with van der Waals surface area (Å²) in [6, 6.07) is 6.19. The van der Waals surface area contributed by atoms with Gasteiger partial charge in [-0.15, -0.1) is 0 Å². The largest absolute Gasteiger partial charge is 0.479 e. The zero-order valence-corrected chi connectivity index (χ0v) is 9.30. The van der Waals surface area contributed by atoms with E-state index in [1.54, 1.807) is 12.1 Å². The number of carboxylic acid groups (broad SMARTS) is 1. The van der Waals surface area contributed by atoms with Gasteiger partial charge in [-0.2, -0.15) is 0 Å². The molecule has 1 atom stereocenters. The number of aliphatic carboxylic acids is 1. The summed E-state index contributed by atoms with van der Waals surface area (Å²) in [6.45, 7) is 1.05. The fourth-order valence-electron chi connectivity index (χ4n) is 1.10. The number of amides is 1. The van der Waals surface area contributed by atoms with Gasteiger partial charge in [0.2, 0.25) is 5.91 Å². The molecule has 5 N–H and O–H groups in total. The molecule has 1 unspecified atom stereocenters. The number of carboxylic acids is 1. The summed E-state index contributed by atoms with van der Waals surface area (Å²) in [6.07, 6.45) is 0. The summed E-state index contributed by atoms with van der Waals surface area (Å²) in [4.78, 5) is 21.4. The topological polar surface area (TPSA) is 113 Å². The molecule has 6 nitrogen and oxygen atoms in total. The normalized spacial score (nSPS) is 13.8. The number of nitrogens with two attached hydrogens (primary N) is 1. The van der Waals surface area contributed by atoms with Crippen LogP contribution in [0.3, 0.4) is 0 Å². The molecule has 17 heavy (non-hydrogen) atoms. The monoisotopic (exact) mass is 238 g/mol. The quantitative estimate of drug-likeness (QED) is 0.578. The van der Waals surface area contributed by atoms with Crippen molar-refractivity contribution in [2.45, 2.75) is 12.5 Å². The Labute approximate surface area is 98.1 Å². The lowest BCUT2D eigenvalue weighted by molar-refractivity contribution is -0.155. The average Bonchev–Trinajstić information content (AvgIpc) is 2.27. The van der Waals surface area contributed by atoms with Crippen LogP contribution in [-0.2, 0) is 4.79 Å². The number of hydrogen-bond acceptors (Lipinski definition) is 4. The molecular formula is C11H14N2O4. The first-order valence-corrected chi connectivity index (χ1v) is 4.92. The second-order valence-electron chi connectivity index (χ2n) is 3.87. The number of benzene rings is 1. The summed E-state index contributed by atoms with van der Waals surface area (Å²) in [5.74, 6) is -1.84. The van der Waals surface area contributed by atoms with Crippen molar-refractivity contribution in [2.24, 2.45) is 5.73 Å². The number of primary amides is 1. The molecule has 0 bridgehead atoms. The number of hydrogen-bond donors (Lipinski definition) is 4. The van der Waals surface area contributed by atoms with Crippen molar-refractivity contribution in [1.29, 1.82) is 0 Å². The van der Waals surface area contributed by atoms with Crippen molar-refractivity contribution in [3.8, 4) is 0 Å². The highest BCUT2D eigenvalue weighted by atomic mass is 16.4. The highest BCUT2D eigenvalue weighted by Crippen LogP contribution is 2.11. The summed E-state index contributed by atoms with van der Waals surface area (Å²) in [7, 11) is 0. The molecule has 0 heterocycles. The third kappa shape index (κ3) is 3.46. The summed E-state index contributed by atoms with van der Waals surface area (Å²) >= 11 is 0. The Balaban J connectivity index is 2.65. The van der Waals surface area contributed by atoms with Gasteiger partial charge < -0.3 is 21.3 Å². The van der Waals surface area contributed by atoms with E-state index in [2.05, 4.69) is 5.32 Å². The molecule has 6 heteroatoms. The van der Waals surface area contributed by atoms with Crippen LogP contribution in [0.1, 0.15) is 17.3 Å². The number of anilines is 1. The van der Waals surface area contributed by atoms with Crippen LogP contribution in [0.25, 0.3) is 0 Å². The van der Waals surface area contributed by atoms with Crippen molar-refractivity contribution in [2.75, 3.05) is 11.9 Å². The first-order valence-electron chi connectivity index (χ1n) is 4.92. The summed E-state index contributed by atoms with van der Waals surface area (Å²) in [5, 5.41) is 20.9. The fourth-order valence-corrected chi connectivity index (χ4v) is 1.10. The lowest BCUT2D eigenvalue weighted by atomic mass is 10.1. The Morgan fingerprint density at radius 3 is 2.29 bits per heavy atom. The second kappa shape index (κ2) is 4.84. The predicted octanol–water partition coefficient (Wildman–Crippen LogP) is 0.0330. The molecule has 0 radical (unpaired) electrons. The van der Waals surface area contributed by atoms with E-state index in [4.69, 9.17) is 10.8 Å². The first kappa shape index (κ1) is 13.0. The zero-order valence-electron chi connectivity index (χ0n) is 9.30. The van der Waals surface area contributed by atoms with E-state index in [0.717, 1.165) is 0 Å². The number of nitrogens with one attached hydrogen (secondary N) is 1. The van der Waals surface area contributed by atoms with Crippen LogP contribution in [-0.4, -0.2) is 34.2 Å². The van der Waals surface area contributed by atoms with Crippen LogP contribution in [0, 0.1) is 0 Å². The highest BCUT2D eigenvalue weighted by molar-refractivity contribution is 5.93. The summed E-state index contributed by atoms with van der Waals surface area (Å²) in [5.41, 5.74) is 4.18. The van der Waals surface area contributed by atoms with Gasteiger partial charge in [0.1, 0.15) is 0 Å². The molecular weight excluding hydrogens is 224 g/mol. The number of carbonyl (C=O) groups excluding carboxylic acids is 1. The molecule has 0 aliphatic carbocycles. The third-order valence-corrected chi connectivity index (χ3v) is 2.27. The van der Waals surface area contributed by atoms with Crippen LogP contribution >= 0.6 is 0 Å².